The molecule has 0 bridgehead atoms. The fourth-order valence-corrected chi connectivity index (χ4v) is 1.91. The minimum absolute atomic E-state index is 0.0555. The summed E-state index contributed by atoms with van der Waals surface area (Å²) in [5, 5.41) is 12.7. The Morgan fingerprint density at radius 1 is 1.39 bits per heavy atom. The van der Waals surface area contributed by atoms with Crippen molar-refractivity contribution in [1.29, 1.82) is 0 Å². The van der Waals surface area contributed by atoms with Gasteiger partial charge in [0.2, 0.25) is 0 Å². The number of aliphatic hydroxyl groups is 1. The number of nitrogens with one attached hydrogen (secondary N) is 1. The molecule has 0 spiro atoms. The number of hydrogen-bond acceptors (Lipinski definition) is 3. The third kappa shape index (κ3) is 2.60. The molecular formula is C13H13ClN2O2. The van der Waals surface area contributed by atoms with Crippen LogP contribution in [0.1, 0.15) is 16.8 Å². The Hall–Kier alpha value is -1.65. The zero-order valence-corrected chi connectivity index (χ0v) is 10.4. The molecule has 0 aliphatic carbocycles. The first-order valence-corrected chi connectivity index (χ1v) is 6.04. The summed E-state index contributed by atoms with van der Waals surface area (Å²) in [6.45, 7) is 0.492. The molecule has 2 N–H and O–H groups in total. The van der Waals surface area contributed by atoms with Crippen molar-refractivity contribution in [2.24, 2.45) is 0 Å². The highest BCUT2D eigenvalue weighted by atomic mass is 35.5. The van der Waals surface area contributed by atoms with Gasteiger partial charge in [0.1, 0.15) is 0 Å². The number of pyridine rings is 1. The molecule has 0 radical (unpaired) electrons. The topological polar surface area (TPSA) is 62.2 Å². The van der Waals surface area contributed by atoms with Gasteiger partial charge >= 0.3 is 0 Å². The van der Waals surface area contributed by atoms with Crippen molar-refractivity contribution in [3.63, 3.8) is 0 Å². The number of hydrogen-bond donors (Lipinski definition) is 2. The second-order valence-corrected chi connectivity index (χ2v) is 4.23. The largest absolute Gasteiger partial charge is 0.396 e. The van der Waals surface area contributed by atoms with Crippen molar-refractivity contribution in [3.8, 4) is 0 Å². The first-order chi connectivity index (χ1) is 8.74. The van der Waals surface area contributed by atoms with Crippen LogP contribution in [-0.2, 0) is 0 Å². The molecule has 94 valence electrons. The van der Waals surface area contributed by atoms with Gasteiger partial charge in [0.25, 0.3) is 5.91 Å². The van der Waals surface area contributed by atoms with Crippen LogP contribution in [0.5, 0.6) is 0 Å². The summed E-state index contributed by atoms with van der Waals surface area (Å²) in [4.78, 5) is 16.2. The summed E-state index contributed by atoms with van der Waals surface area (Å²) < 4.78 is 0. The third-order valence-corrected chi connectivity index (χ3v) is 2.91. The predicted molar refractivity (Wildman–Crippen MR) is 70.8 cm³/mol. The second-order valence-electron chi connectivity index (χ2n) is 3.83. The standard InChI is InChI=1S/C13H13ClN2O2/c14-11-5-4-10(13(18)16-7-2-8-17)12-9(11)3-1-6-15-12/h1,3-6,17H,2,7-8H2,(H,16,18). The molecule has 0 atom stereocenters. The predicted octanol–water partition coefficient (Wildman–Crippen LogP) is 2.00. The van der Waals surface area contributed by atoms with Gasteiger partial charge in [-0.2, -0.15) is 0 Å². The molecular weight excluding hydrogens is 252 g/mol. The maximum absolute atomic E-state index is 12.0. The SMILES string of the molecule is O=C(NCCCO)c1ccc(Cl)c2cccnc12. The van der Waals surface area contributed by atoms with Crippen LogP contribution in [-0.4, -0.2) is 29.1 Å². The van der Waals surface area contributed by atoms with Crippen LogP contribution in [0.4, 0.5) is 0 Å². The van der Waals surface area contributed by atoms with Gasteiger partial charge in [-0.25, -0.2) is 0 Å². The van der Waals surface area contributed by atoms with Crippen molar-refractivity contribution in [1.82, 2.24) is 10.3 Å². The number of benzene rings is 1. The van der Waals surface area contributed by atoms with Crippen molar-refractivity contribution in [2.45, 2.75) is 6.42 Å². The van der Waals surface area contributed by atoms with E-state index < -0.39 is 0 Å². The number of carbonyl (C=O) groups excluding carboxylic acids is 1. The zero-order valence-electron chi connectivity index (χ0n) is 9.69. The van der Waals surface area contributed by atoms with Crippen LogP contribution in [0, 0.1) is 0 Å². The van der Waals surface area contributed by atoms with Crippen LogP contribution in [0.2, 0.25) is 5.02 Å². The molecule has 4 nitrogen and oxygen atoms in total. The van der Waals surface area contributed by atoms with Gasteiger partial charge in [-0.05, 0) is 30.7 Å². The third-order valence-electron chi connectivity index (χ3n) is 2.58. The van der Waals surface area contributed by atoms with E-state index in [1.807, 2.05) is 6.07 Å². The molecule has 1 amide bonds. The van der Waals surface area contributed by atoms with Crippen molar-refractivity contribution in [3.05, 3.63) is 41.0 Å². The van der Waals surface area contributed by atoms with Gasteiger partial charge in [-0.1, -0.05) is 11.6 Å². The van der Waals surface area contributed by atoms with Crippen LogP contribution in [0.25, 0.3) is 10.9 Å². The Labute approximate surface area is 110 Å². The number of fused-ring (bicyclic) bond motifs is 1. The number of carbonyl (C=O) groups is 1. The molecule has 5 heteroatoms. The highest BCUT2D eigenvalue weighted by molar-refractivity contribution is 6.35. The Morgan fingerprint density at radius 3 is 3.00 bits per heavy atom. The summed E-state index contributed by atoms with van der Waals surface area (Å²) in [7, 11) is 0. The molecule has 2 rings (SSSR count). The summed E-state index contributed by atoms with van der Waals surface area (Å²) in [5.41, 5.74) is 1.08. The number of amides is 1. The minimum Gasteiger partial charge on any atom is -0.396 e. The van der Waals surface area contributed by atoms with E-state index in [4.69, 9.17) is 16.7 Å². The molecule has 0 unspecified atom stereocenters. The monoisotopic (exact) mass is 264 g/mol. The Balaban J connectivity index is 2.33. The van der Waals surface area contributed by atoms with E-state index in [-0.39, 0.29) is 12.5 Å². The molecule has 0 aliphatic heterocycles. The lowest BCUT2D eigenvalue weighted by atomic mass is 10.1. The van der Waals surface area contributed by atoms with E-state index in [1.165, 1.54) is 0 Å². The molecule has 1 aromatic carbocycles. The molecule has 1 heterocycles. The van der Waals surface area contributed by atoms with Gasteiger partial charge in [0.15, 0.2) is 0 Å². The Morgan fingerprint density at radius 2 is 2.22 bits per heavy atom. The second kappa shape index (κ2) is 5.80. The summed E-state index contributed by atoms with van der Waals surface area (Å²) in [6, 6.07) is 6.95. The first kappa shape index (κ1) is 12.8. The summed E-state index contributed by atoms with van der Waals surface area (Å²) in [5.74, 6) is -0.205. The number of aliphatic hydroxyl groups excluding tert-OH is 1. The van der Waals surface area contributed by atoms with Gasteiger partial charge in [0, 0.05) is 24.7 Å². The van der Waals surface area contributed by atoms with E-state index in [0.29, 0.717) is 29.1 Å². The van der Waals surface area contributed by atoms with Gasteiger partial charge in [0.05, 0.1) is 16.1 Å². The van der Waals surface area contributed by atoms with E-state index in [0.717, 1.165) is 5.39 Å². The summed E-state index contributed by atoms with van der Waals surface area (Å²) in [6.07, 6.45) is 2.16. The van der Waals surface area contributed by atoms with Crippen LogP contribution >= 0.6 is 11.6 Å². The van der Waals surface area contributed by atoms with E-state index in [1.54, 1.807) is 24.4 Å². The molecule has 1 aromatic heterocycles. The van der Waals surface area contributed by atoms with E-state index >= 15 is 0 Å². The Bertz CT molecular complexity index is 572. The average molecular weight is 265 g/mol. The van der Waals surface area contributed by atoms with Crippen LogP contribution in [0.15, 0.2) is 30.5 Å². The first-order valence-electron chi connectivity index (χ1n) is 5.66. The van der Waals surface area contributed by atoms with Crippen molar-refractivity contribution >= 4 is 28.4 Å². The van der Waals surface area contributed by atoms with E-state index in [9.17, 15) is 4.79 Å². The smallest absolute Gasteiger partial charge is 0.253 e. The normalized spacial score (nSPS) is 10.6. The van der Waals surface area contributed by atoms with E-state index in [2.05, 4.69) is 10.3 Å². The highest BCUT2D eigenvalue weighted by Gasteiger charge is 2.12. The van der Waals surface area contributed by atoms with Crippen molar-refractivity contribution < 1.29 is 9.90 Å². The van der Waals surface area contributed by atoms with Gasteiger partial charge in [-0.3, -0.25) is 9.78 Å². The number of halogens is 1. The lowest BCUT2D eigenvalue weighted by molar-refractivity contribution is 0.0952. The molecule has 18 heavy (non-hydrogen) atoms. The number of rotatable bonds is 4. The fraction of sp³-hybridized carbons (Fsp3) is 0.231. The maximum atomic E-state index is 12.0. The Kier molecular flexibility index (Phi) is 4.12. The molecule has 0 saturated carbocycles. The summed E-state index contributed by atoms with van der Waals surface area (Å²) >= 11 is 6.06. The van der Waals surface area contributed by atoms with Crippen molar-refractivity contribution in [2.75, 3.05) is 13.2 Å². The van der Waals surface area contributed by atoms with Crippen LogP contribution < -0.4 is 5.32 Å². The highest BCUT2D eigenvalue weighted by Crippen LogP contribution is 2.24. The molecule has 2 aromatic rings. The minimum atomic E-state index is -0.205. The lowest BCUT2D eigenvalue weighted by Gasteiger charge is -2.07. The fourth-order valence-electron chi connectivity index (χ4n) is 1.70. The molecule has 0 saturated heterocycles. The molecule has 0 fully saturated rings. The molecule has 0 aliphatic rings. The number of nitrogens with zero attached hydrogens (tertiary/aromatic N) is 1. The average Bonchev–Trinajstić information content (AvgIpc) is 2.39. The zero-order chi connectivity index (χ0) is 13.0. The maximum Gasteiger partial charge on any atom is 0.253 e. The van der Waals surface area contributed by atoms with Crippen LogP contribution in [0.3, 0.4) is 0 Å². The van der Waals surface area contributed by atoms with Gasteiger partial charge < -0.3 is 10.4 Å². The quantitative estimate of drug-likeness (QED) is 0.831. The van der Waals surface area contributed by atoms with Gasteiger partial charge in [-0.15, -0.1) is 0 Å². The number of aromatic nitrogens is 1. The lowest BCUT2D eigenvalue weighted by Crippen LogP contribution is -2.25.